The van der Waals surface area contributed by atoms with Crippen LogP contribution in [-0.2, 0) is 4.79 Å². The Morgan fingerprint density at radius 2 is 2.31 bits per heavy atom. The molecule has 0 amide bonds. The van der Waals surface area contributed by atoms with Gasteiger partial charge in [-0.05, 0) is 31.5 Å². The van der Waals surface area contributed by atoms with Gasteiger partial charge in [-0.1, -0.05) is 27.5 Å². The van der Waals surface area contributed by atoms with E-state index >= 15 is 0 Å². The molecule has 0 saturated carbocycles. The van der Waals surface area contributed by atoms with Crippen LogP contribution in [0, 0.1) is 0 Å². The Morgan fingerprint density at radius 1 is 1.62 bits per heavy atom. The fraction of sp³-hybridized carbons (Fsp3) is 0.364. The Balaban J connectivity index is 2.55. The summed E-state index contributed by atoms with van der Waals surface area (Å²) in [6.07, 6.45) is 0.381. The minimum absolute atomic E-state index is 0.0926. The first-order chi connectivity index (χ1) is 7.49. The zero-order valence-corrected chi connectivity index (χ0v) is 11.1. The molecule has 0 aliphatic carbocycles. The molecular formula is C11H12BrClO3. The number of halogens is 2. The molecule has 0 fully saturated rings. The van der Waals surface area contributed by atoms with Crippen LogP contribution in [0.4, 0.5) is 0 Å². The number of benzene rings is 1. The summed E-state index contributed by atoms with van der Waals surface area (Å²) in [5, 5.41) is 9.04. The maximum absolute atomic E-state index is 10.4. The van der Waals surface area contributed by atoms with Crippen LogP contribution in [0.2, 0.25) is 5.02 Å². The number of hydrogen-bond acceptors (Lipinski definition) is 2. The number of aliphatic carboxylic acids is 1. The van der Waals surface area contributed by atoms with Gasteiger partial charge < -0.3 is 9.84 Å². The van der Waals surface area contributed by atoms with Gasteiger partial charge in [-0.2, -0.15) is 0 Å². The lowest BCUT2D eigenvalue weighted by Crippen LogP contribution is -2.13. The zero-order chi connectivity index (χ0) is 12.1. The van der Waals surface area contributed by atoms with Gasteiger partial charge in [0.15, 0.2) is 0 Å². The monoisotopic (exact) mass is 306 g/mol. The topological polar surface area (TPSA) is 46.5 Å². The summed E-state index contributed by atoms with van der Waals surface area (Å²) in [6, 6.07) is 5.32. The summed E-state index contributed by atoms with van der Waals surface area (Å²) in [6.45, 7) is 1.82. The molecule has 1 atom stereocenters. The molecule has 1 rings (SSSR count). The molecule has 1 N–H and O–H groups in total. The van der Waals surface area contributed by atoms with Crippen LogP contribution in [0.15, 0.2) is 22.7 Å². The highest BCUT2D eigenvalue weighted by Gasteiger charge is 2.09. The normalized spacial score (nSPS) is 12.2. The second-order valence-corrected chi connectivity index (χ2v) is 4.76. The smallest absolute Gasteiger partial charge is 0.303 e. The van der Waals surface area contributed by atoms with Crippen molar-refractivity contribution in [1.29, 1.82) is 0 Å². The summed E-state index contributed by atoms with van der Waals surface area (Å²) in [7, 11) is 0. The van der Waals surface area contributed by atoms with Gasteiger partial charge in [-0.15, -0.1) is 0 Å². The third-order valence-electron chi connectivity index (χ3n) is 1.99. The van der Waals surface area contributed by atoms with E-state index in [2.05, 4.69) is 15.9 Å². The molecule has 0 spiro atoms. The zero-order valence-electron chi connectivity index (χ0n) is 8.74. The molecule has 88 valence electrons. The molecule has 0 aliphatic rings. The predicted octanol–water partition coefficient (Wildman–Crippen LogP) is 3.73. The molecule has 1 aromatic carbocycles. The van der Waals surface area contributed by atoms with Crippen molar-refractivity contribution in [1.82, 2.24) is 0 Å². The first-order valence-electron chi connectivity index (χ1n) is 4.82. The highest BCUT2D eigenvalue weighted by atomic mass is 79.9. The molecule has 1 aromatic rings. The van der Waals surface area contributed by atoms with E-state index < -0.39 is 5.97 Å². The highest BCUT2D eigenvalue weighted by molar-refractivity contribution is 9.10. The standard InChI is InChI=1S/C11H12BrClO3/c1-7(2-5-11(14)15)16-10-4-3-8(12)6-9(10)13/h3-4,6-7H,2,5H2,1H3,(H,14,15). The van der Waals surface area contributed by atoms with Crippen molar-refractivity contribution in [2.24, 2.45) is 0 Å². The van der Waals surface area contributed by atoms with Gasteiger partial charge >= 0.3 is 5.97 Å². The van der Waals surface area contributed by atoms with Gasteiger partial charge in [0.1, 0.15) is 5.75 Å². The molecule has 0 aromatic heterocycles. The first-order valence-corrected chi connectivity index (χ1v) is 5.99. The second-order valence-electron chi connectivity index (χ2n) is 3.44. The third-order valence-corrected chi connectivity index (χ3v) is 2.78. The molecule has 0 bridgehead atoms. The number of carboxylic acids is 1. The summed E-state index contributed by atoms with van der Waals surface area (Å²) in [5.41, 5.74) is 0. The average molecular weight is 308 g/mol. The molecule has 3 nitrogen and oxygen atoms in total. The quantitative estimate of drug-likeness (QED) is 0.901. The largest absolute Gasteiger partial charge is 0.489 e. The minimum Gasteiger partial charge on any atom is -0.489 e. The Kier molecular flexibility index (Phi) is 5.09. The van der Waals surface area contributed by atoms with Crippen LogP contribution in [-0.4, -0.2) is 17.2 Å². The van der Waals surface area contributed by atoms with Gasteiger partial charge in [-0.25, -0.2) is 0 Å². The number of carboxylic acid groups (broad SMARTS) is 1. The van der Waals surface area contributed by atoms with E-state index in [9.17, 15) is 4.79 Å². The molecule has 0 heterocycles. The molecular weight excluding hydrogens is 295 g/mol. The summed E-state index contributed by atoms with van der Waals surface area (Å²) < 4.78 is 6.41. The van der Waals surface area contributed by atoms with Crippen molar-refractivity contribution in [2.45, 2.75) is 25.9 Å². The summed E-state index contributed by atoms with van der Waals surface area (Å²) in [5.74, 6) is -0.250. The number of ether oxygens (including phenoxy) is 1. The van der Waals surface area contributed by atoms with Crippen molar-refractivity contribution in [3.8, 4) is 5.75 Å². The van der Waals surface area contributed by atoms with Crippen LogP contribution < -0.4 is 4.74 Å². The van der Waals surface area contributed by atoms with Crippen LogP contribution >= 0.6 is 27.5 Å². The lowest BCUT2D eigenvalue weighted by molar-refractivity contribution is -0.137. The van der Waals surface area contributed by atoms with Crippen LogP contribution in [0.5, 0.6) is 5.75 Å². The minimum atomic E-state index is -0.822. The van der Waals surface area contributed by atoms with Crippen molar-refractivity contribution in [2.75, 3.05) is 0 Å². The second kappa shape index (κ2) is 6.11. The van der Waals surface area contributed by atoms with E-state index in [1.54, 1.807) is 12.1 Å². The van der Waals surface area contributed by atoms with E-state index in [1.165, 1.54) is 0 Å². The van der Waals surface area contributed by atoms with E-state index in [0.29, 0.717) is 17.2 Å². The van der Waals surface area contributed by atoms with Gasteiger partial charge in [0.25, 0.3) is 0 Å². The average Bonchev–Trinajstić information content (AvgIpc) is 2.19. The Bertz CT molecular complexity index is 381. The lowest BCUT2D eigenvalue weighted by atomic mass is 10.2. The van der Waals surface area contributed by atoms with Crippen molar-refractivity contribution in [3.05, 3.63) is 27.7 Å². The molecule has 5 heteroatoms. The van der Waals surface area contributed by atoms with Gasteiger partial charge in [0.2, 0.25) is 0 Å². The van der Waals surface area contributed by atoms with Crippen molar-refractivity contribution in [3.63, 3.8) is 0 Å². The Labute approximate surface area is 107 Å². The Morgan fingerprint density at radius 3 is 2.88 bits per heavy atom. The fourth-order valence-corrected chi connectivity index (χ4v) is 1.89. The van der Waals surface area contributed by atoms with E-state index in [4.69, 9.17) is 21.4 Å². The first kappa shape index (κ1) is 13.3. The number of carbonyl (C=O) groups is 1. The SMILES string of the molecule is CC(CCC(=O)O)Oc1ccc(Br)cc1Cl. The van der Waals surface area contributed by atoms with Crippen LogP contribution in [0.3, 0.4) is 0 Å². The van der Waals surface area contributed by atoms with Crippen LogP contribution in [0.25, 0.3) is 0 Å². The van der Waals surface area contributed by atoms with Crippen LogP contribution in [0.1, 0.15) is 19.8 Å². The van der Waals surface area contributed by atoms with Gasteiger partial charge in [0, 0.05) is 10.9 Å². The van der Waals surface area contributed by atoms with Crippen molar-refractivity contribution >= 4 is 33.5 Å². The summed E-state index contributed by atoms with van der Waals surface area (Å²) in [4.78, 5) is 10.4. The summed E-state index contributed by atoms with van der Waals surface area (Å²) >= 11 is 9.26. The number of rotatable bonds is 5. The maximum Gasteiger partial charge on any atom is 0.303 e. The van der Waals surface area contributed by atoms with E-state index in [0.717, 1.165) is 4.47 Å². The molecule has 16 heavy (non-hydrogen) atoms. The van der Waals surface area contributed by atoms with Gasteiger partial charge in [0.05, 0.1) is 11.1 Å². The molecule has 0 radical (unpaired) electrons. The number of hydrogen-bond donors (Lipinski definition) is 1. The predicted molar refractivity (Wildman–Crippen MR) is 66.1 cm³/mol. The third kappa shape index (κ3) is 4.41. The maximum atomic E-state index is 10.4. The lowest BCUT2D eigenvalue weighted by Gasteiger charge is -2.14. The highest BCUT2D eigenvalue weighted by Crippen LogP contribution is 2.28. The molecule has 1 unspecified atom stereocenters. The molecule has 0 aliphatic heterocycles. The van der Waals surface area contributed by atoms with Gasteiger partial charge in [-0.3, -0.25) is 4.79 Å². The van der Waals surface area contributed by atoms with E-state index in [1.807, 2.05) is 13.0 Å². The van der Waals surface area contributed by atoms with Crippen molar-refractivity contribution < 1.29 is 14.6 Å². The molecule has 0 saturated heterocycles. The van der Waals surface area contributed by atoms with E-state index in [-0.39, 0.29) is 12.5 Å². The Hall–Kier alpha value is -0.740. The fourth-order valence-electron chi connectivity index (χ4n) is 1.17.